The van der Waals surface area contributed by atoms with Crippen LogP contribution in [-0.4, -0.2) is 23.8 Å². The number of esters is 1. The van der Waals surface area contributed by atoms with Crippen molar-refractivity contribution in [2.45, 2.75) is 25.6 Å². The van der Waals surface area contributed by atoms with E-state index in [4.69, 9.17) is 10.5 Å². The van der Waals surface area contributed by atoms with Crippen molar-refractivity contribution in [1.82, 2.24) is 5.32 Å². The van der Waals surface area contributed by atoms with Crippen molar-refractivity contribution in [3.05, 3.63) is 65.2 Å². The molecule has 0 saturated carbocycles. The maximum absolute atomic E-state index is 12.6. The van der Waals surface area contributed by atoms with E-state index in [2.05, 4.69) is 5.32 Å². The van der Waals surface area contributed by atoms with E-state index in [0.717, 1.165) is 12.1 Å². The van der Waals surface area contributed by atoms with Gasteiger partial charge in [-0.1, -0.05) is 12.1 Å². The highest BCUT2D eigenvalue weighted by atomic mass is 19.4. The van der Waals surface area contributed by atoms with Crippen molar-refractivity contribution < 1.29 is 32.3 Å². The van der Waals surface area contributed by atoms with E-state index in [0.29, 0.717) is 5.56 Å². The Hall–Kier alpha value is -3.36. The molecule has 0 bridgehead atoms. The number of nitrogens with one attached hydrogen (secondary N) is 1. The smallest absolute Gasteiger partial charge is 0.416 e. The van der Waals surface area contributed by atoms with Crippen molar-refractivity contribution in [2.75, 3.05) is 0 Å². The van der Waals surface area contributed by atoms with Gasteiger partial charge in [-0.15, -0.1) is 0 Å². The molecule has 0 aliphatic heterocycles. The molecule has 0 aromatic heterocycles. The SMILES string of the molecule is CC(=O)Oc1ccc(C(=O)N[C@@H](Cc2ccc(C(F)(F)F)cc2)C(N)=O)cc1. The van der Waals surface area contributed by atoms with Crippen LogP contribution in [0.25, 0.3) is 0 Å². The molecule has 2 amide bonds. The second-order valence-electron chi connectivity index (χ2n) is 5.95. The summed E-state index contributed by atoms with van der Waals surface area (Å²) < 4.78 is 42.7. The standard InChI is InChI=1S/C19H17F3N2O4/c1-11(25)28-15-8-4-13(5-9-15)18(27)24-16(17(23)26)10-12-2-6-14(7-3-12)19(20,21)22/h2-9,16H,10H2,1H3,(H2,23,26)(H,24,27)/t16-/m0/s1. The summed E-state index contributed by atoms with van der Waals surface area (Å²) in [7, 11) is 0. The molecule has 0 fully saturated rings. The molecular formula is C19H17F3N2O4. The first-order chi connectivity index (χ1) is 13.1. The number of primary amides is 1. The van der Waals surface area contributed by atoms with Crippen LogP contribution in [0, 0.1) is 0 Å². The van der Waals surface area contributed by atoms with E-state index in [1.54, 1.807) is 0 Å². The first-order valence-electron chi connectivity index (χ1n) is 8.11. The second-order valence-corrected chi connectivity index (χ2v) is 5.95. The number of alkyl halides is 3. The zero-order valence-electron chi connectivity index (χ0n) is 14.7. The Bertz CT molecular complexity index is 862. The largest absolute Gasteiger partial charge is 0.427 e. The van der Waals surface area contributed by atoms with Gasteiger partial charge in [-0.3, -0.25) is 14.4 Å². The molecule has 0 aliphatic carbocycles. The molecule has 148 valence electrons. The van der Waals surface area contributed by atoms with E-state index in [-0.39, 0.29) is 17.7 Å². The summed E-state index contributed by atoms with van der Waals surface area (Å²) >= 11 is 0. The normalized spacial score (nSPS) is 12.1. The van der Waals surface area contributed by atoms with Gasteiger partial charge in [-0.2, -0.15) is 13.2 Å². The summed E-state index contributed by atoms with van der Waals surface area (Å²) in [4.78, 5) is 34.8. The maximum atomic E-state index is 12.6. The number of halogens is 3. The number of hydrogen-bond donors (Lipinski definition) is 2. The van der Waals surface area contributed by atoms with Crippen molar-refractivity contribution in [1.29, 1.82) is 0 Å². The van der Waals surface area contributed by atoms with Crippen LogP contribution in [0.1, 0.15) is 28.4 Å². The molecule has 0 aliphatic rings. The lowest BCUT2D eigenvalue weighted by atomic mass is 10.0. The average molecular weight is 394 g/mol. The van der Waals surface area contributed by atoms with Crippen LogP contribution in [-0.2, 0) is 22.2 Å². The fourth-order valence-corrected chi connectivity index (χ4v) is 2.37. The molecule has 2 rings (SSSR count). The third-order valence-electron chi connectivity index (χ3n) is 3.75. The number of hydrogen-bond acceptors (Lipinski definition) is 4. The minimum atomic E-state index is -4.46. The quantitative estimate of drug-likeness (QED) is 0.581. The van der Waals surface area contributed by atoms with Gasteiger partial charge in [0, 0.05) is 18.9 Å². The van der Waals surface area contributed by atoms with Crippen LogP contribution in [0.4, 0.5) is 13.2 Å². The fraction of sp³-hybridized carbons (Fsp3) is 0.211. The van der Waals surface area contributed by atoms with E-state index in [1.165, 1.54) is 43.3 Å². The minimum Gasteiger partial charge on any atom is -0.427 e. The predicted octanol–water partition coefficient (Wildman–Crippen LogP) is 2.46. The van der Waals surface area contributed by atoms with Crippen molar-refractivity contribution in [3.63, 3.8) is 0 Å². The third-order valence-corrected chi connectivity index (χ3v) is 3.75. The Morgan fingerprint density at radius 1 is 1.04 bits per heavy atom. The Balaban J connectivity index is 2.07. The molecule has 3 N–H and O–H groups in total. The van der Waals surface area contributed by atoms with Crippen molar-refractivity contribution in [2.24, 2.45) is 5.73 Å². The number of rotatable bonds is 6. The lowest BCUT2D eigenvalue weighted by molar-refractivity contribution is -0.137. The molecule has 0 radical (unpaired) electrons. The van der Waals surface area contributed by atoms with Gasteiger partial charge >= 0.3 is 12.1 Å². The highest BCUT2D eigenvalue weighted by Gasteiger charge is 2.30. The van der Waals surface area contributed by atoms with Gasteiger partial charge in [0.15, 0.2) is 0 Å². The highest BCUT2D eigenvalue weighted by molar-refractivity contribution is 5.97. The molecule has 0 saturated heterocycles. The first kappa shape index (κ1) is 20.9. The average Bonchev–Trinajstić information content (AvgIpc) is 2.60. The molecule has 2 aromatic rings. The van der Waals surface area contributed by atoms with E-state index < -0.39 is 35.6 Å². The summed E-state index contributed by atoms with van der Waals surface area (Å²) in [5, 5.41) is 2.44. The van der Waals surface area contributed by atoms with E-state index in [9.17, 15) is 27.6 Å². The molecule has 28 heavy (non-hydrogen) atoms. The van der Waals surface area contributed by atoms with Gasteiger partial charge in [-0.05, 0) is 42.0 Å². The molecule has 9 heteroatoms. The zero-order chi connectivity index (χ0) is 20.9. The summed E-state index contributed by atoms with van der Waals surface area (Å²) in [6.45, 7) is 1.24. The molecule has 2 aromatic carbocycles. The zero-order valence-corrected chi connectivity index (χ0v) is 14.7. The topological polar surface area (TPSA) is 98.5 Å². The number of ether oxygens (including phenoxy) is 1. The lowest BCUT2D eigenvalue weighted by Crippen LogP contribution is -2.45. The van der Waals surface area contributed by atoms with Crippen LogP contribution in [0.15, 0.2) is 48.5 Å². The summed E-state index contributed by atoms with van der Waals surface area (Å²) in [5.74, 6) is -1.70. The minimum absolute atomic E-state index is 0.0647. The van der Waals surface area contributed by atoms with Crippen LogP contribution >= 0.6 is 0 Å². The van der Waals surface area contributed by atoms with Gasteiger partial charge in [0.2, 0.25) is 5.91 Å². The Labute approximate surface area is 158 Å². The summed E-state index contributed by atoms with van der Waals surface area (Å²) in [6, 6.07) is 8.71. The maximum Gasteiger partial charge on any atom is 0.416 e. The third kappa shape index (κ3) is 5.83. The summed E-state index contributed by atoms with van der Waals surface area (Å²) in [6.07, 6.45) is -4.53. The van der Waals surface area contributed by atoms with Crippen molar-refractivity contribution in [3.8, 4) is 5.75 Å². The number of amides is 2. The highest BCUT2D eigenvalue weighted by Crippen LogP contribution is 2.29. The lowest BCUT2D eigenvalue weighted by Gasteiger charge is -2.16. The number of benzene rings is 2. The van der Waals surface area contributed by atoms with Crippen LogP contribution < -0.4 is 15.8 Å². The van der Waals surface area contributed by atoms with Gasteiger partial charge in [0.1, 0.15) is 11.8 Å². The molecule has 1 atom stereocenters. The Morgan fingerprint density at radius 2 is 1.61 bits per heavy atom. The predicted molar refractivity (Wildman–Crippen MR) is 93.3 cm³/mol. The van der Waals surface area contributed by atoms with Crippen LogP contribution in [0.5, 0.6) is 5.75 Å². The second kappa shape index (κ2) is 8.55. The fourth-order valence-electron chi connectivity index (χ4n) is 2.37. The van der Waals surface area contributed by atoms with E-state index in [1.807, 2.05) is 0 Å². The molecule has 6 nitrogen and oxygen atoms in total. The number of nitrogens with two attached hydrogens (primary N) is 1. The molecule has 0 heterocycles. The van der Waals surface area contributed by atoms with Crippen LogP contribution in [0.2, 0.25) is 0 Å². The van der Waals surface area contributed by atoms with Crippen LogP contribution in [0.3, 0.4) is 0 Å². The van der Waals surface area contributed by atoms with Crippen molar-refractivity contribution >= 4 is 17.8 Å². The number of carbonyl (C=O) groups is 3. The molecule has 0 spiro atoms. The van der Waals surface area contributed by atoms with E-state index >= 15 is 0 Å². The monoisotopic (exact) mass is 394 g/mol. The number of carbonyl (C=O) groups excluding carboxylic acids is 3. The Morgan fingerprint density at radius 3 is 2.07 bits per heavy atom. The molecule has 0 unspecified atom stereocenters. The van der Waals surface area contributed by atoms with Gasteiger partial charge in [0.05, 0.1) is 5.56 Å². The Kier molecular flexibility index (Phi) is 6.40. The first-order valence-corrected chi connectivity index (χ1v) is 8.11. The molecular weight excluding hydrogens is 377 g/mol. The van der Waals surface area contributed by atoms with Gasteiger partial charge in [0.25, 0.3) is 5.91 Å². The van der Waals surface area contributed by atoms with Gasteiger partial charge < -0.3 is 15.8 Å². The van der Waals surface area contributed by atoms with Gasteiger partial charge in [-0.25, -0.2) is 0 Å². The summed E-state index contributed by atoms with van der Waals surface area (Å²) in [5.41, 5.74) is 5.08.